The number of hydrogen-bond acceptors (Lipinski definition) is 3. The van der Waals surface area contributed by atoms with Crippen molar-refractivity contribution in [2.45, 2.75) is 98.0 Å². The summed E-state index contributed by atoms with van der Waals surface area (Å²) in [5, 5.41) is 10.3. The maximum Gasteiger partial charge on any atom is 0.319 e. The summed E-state index contributed by atoms with van der Waals surface area (Å²) in [6, 6.07) is 0.0757. The lowest BCUT2D eigenvalue weighted by atomic mass is 9.47. The molecule has 0 bridgehead atoms. The Morgan fingerprint density at radius 3 is 2.47 bits per heavy atom. The summed E-state index contributed by atoms with van der Waals surface area (Å²) in [7, 11) is 1.84. The number of urea groups is 1. The maximum atomic E-state index is 13.1. The van der Waals surface area contributed by atoms with E-state index < -0.39 is 0 Å². The first-order valence-electron chi connectivity index (χ1n) is 15.7. The van der Waals surface area contributed by atoms with Gasteiger partial charge in [-0.15, -0.1) is 0 Å². The molecule has 214 valence electrons. The second kappa shape index (κ2) is 10.8. The van der Waals surface area contributed by atoms with Crippen LogP contribution in [0.5, 0.6) is 0 Å². The third kappa shape index (κ3) is 4.81. The van der Waals surface area contributed by atoms with Crippen LogP contribution in [0, 0.1) is 40.4 Å². The Balaban J connectivity index is 1.16. The van der Waals surface area contributed by atoms with E-state index in [9.17, 15) is 14.7 Å². The third-order valence-electron chi connectivity index (χ3n) is 12.4. The molecule has 4 fully saturated rings. The van der Waals surface area contributed by atoms with Crippen LogP contribution in [0.25, 0.3) is 0 Å². The Labute approximate surface area is 231 Å². The molecule has 1 N–H and O–H groups in total. The molecule has 1 heterocycles. The second-order valence-electron chi connectivity index (χ2n) is 14.1. The van der Waals surface area contributed by atoms with Crippen LogP contribution < -0.4 is 0 Å². The van der Waals surface area contributed by atoms with Crippen molar-refractivity contribution in [3.8, 4) is 0 Å². The van der Waals surface area contributed by atoms with Crippen LogP contribution in [-0.4, -0.2) is 77.6 Å². The lowest BCUT2D eigenvalue weighted by Gasteiger charge is -2.58. The molecule has 5 rings (SSSR count). The van der Waals surface area contributed by atoms with E-state index in [0.717, 1.165) is 43.4 Å². The first-order valence-corrected chi connectivity index (χ1v) is 15.7. The minimum absolute atomic E-state index is 0.0757. The molecule has 0 aromatic carbocycles. The number of rotatable bonds is 5. The van der Waals surface area contributed by atoms with Gasteiger partial charge in [0.15, 0.2) is 0 Å². The van der Waals surface area contributed by atoms with Crippen molar-refractivity contribution in [3.63, 3.8) is 0 Å². The lowest BCUT2D eigenvalue weighted by Crippen LogP contribution is -2.53. The van der Waals surface area contributed by atoms with Crippen molar-refractivity contribution in [1.82, 2.24) is 14.7 Å². The van der Waals surface area contributed by atoms with Crippen LogP contribution in [0.15, 0.2) is 11.6 Å². The highest BCUT2D eigenvalue weighted by Gasteiger charge is 2.59. The third-order valence-corrected chi connectivity index (χ3v) is 12.4. The van der Waals surface area contributed by atoms with Crippen LogP contribution >= 0.6 is 0 Å². The number of carbonyl (C=O) groups is 2. The Kier molecular flexibility index (Phi) is 7.94. The Morgan fingerprint density at radius 1 is 1.05 bits per heavy atom. The topological polar surface area (TPSA) is 64.1 Å². The Bertz CT molecular complexity index is 927. The molecule has 38 heavy (non-hydrogen) atoms. The molecule has 4 aliphatic carbocycles. The van der Waals surface area contributed by atoms with Crippen molar-refractivity contribution in [2.75, 3.05) is 39.8 Å². The van der Waals surface area contributed by atoms with E-state index in [4.69, 9.17) is 0 Å². The van der Waals surface area contributed by atoms with Crippen molar-refractivity contribution in [3.05, 3.63) is 11.6 Å². The average Bonchev–Trinajstić information content (AvgIpc) is 3.28. The predicted octanol–water partition coefficient (Wildman–Crippen LogP) is 5.56. The van der Waals surface area contributed by atoms with Gasteiger partial charge in [-0.1, -0.05) is 32.4 Å². The molecule has 8 atom stereocenters. The first kappa shape index (κ1) is 28.0. The molecule has 1 aliphatic heterocycles. The molecule has 0 aromatic heterocycles. The zero-order valence-electron chi connectivity index (χ0n) is 24.8. The van der Waals surface area contributed by atoms with Gasteiger partial charge in [0.05, 0.1) is 6.10 Å². The van der Waals surface area contributed by atoms with Crippen molar-refractivity contribution >= 4 is 11.9 Å². The zero-order valence-corrected chi connectivity index (χ0v) is 24.8. The van der Waals surface area contributed by atoms with Gasteiger partial charge in [0.25, 0.3) is 0 Å². The second-order valence-corrected chi connectivity index (χ2v) is 14.1. The zero-order chi connectivity index (χ0) is 27.2. The molecule has 1 saturated heterocycles. The minimum Gasteiger partial charge on any atom is -0.393 e. The number of fused-ring (bicyclic) bond motifs is 5. The number of allylic oxidation sites excluding steroid dienone is 1. The summed E-state index contributed by atoms with van der Waals surface area (Å²) in [6.07, 6.45) is 13.6. The number of hydrogen-bond donors (Lipinski definition) is 1. The van der Waals surface area contributed by atoms with E-state index in [-0.39, 0.29) is 18.0 Å². The SMILES string of the molecule is CCN(C)C(=O)N1CCN(C(=O)CC[C@@H](C)[C@H]2CC[C@H]3[C@@H]4CC=C5C[C@@H](O)CC[C@]5(C)[C@H]4CC[C@]23C)CC1. The van der Waals surface area contributed by atoms with Gasteiger partial charge in [-0.25, -0.2) is 4.79 Å². The van der Waals surface area contributed by atoms with Crippen molar-refractivity contribution in [1.29, 1.82) is 0 Å². The quantitative estimate of drug-likeness (QED) is 0.476. The summed E-state index contributed by atoms with van der Waals surface area (Å²) < 4.78 is 0. The molecular formula is C32H53N3O3. The molecule has 3 amide bonds. The number of amides is 3. The van der Waals surface area contributed by atoms with E-state index in [1.807, 2.05) is 23.8 Å². The Hall–Kier alpha value is -1.56. The summed E-state index contributed by atoms with van der Waals surface area (Å²) in [4.78, 5) is 31.2. The van der Waals surface area contributed by atoms with Gasteiger partial charge in [-0.2, -0.15) is 0 Å². The van der Waals surface area contributed by atoms with Crippen LogP contribution in [0.2, 0.25) is 0 Å². The number of aliphatic hydroxyl groups excluding tert-OH is 1. The van der Waals surface area contributed by atoms with Crippen LogP contribution in [0.1, 0.15) is 91.9 Å². The molecule has 0 unspecified atom stereocenters. The van der Waals surface area contributed by atoms with Crippen LogP contribution in [0.3, 0.4) is 0 Å². The number of nitrogens with zero attached hydrogens (tertiary/aromatic N) is 3. The van der Waals surface area contributed by atoms with Gasteiger partial charge < -0.3 is 19.8 Å². The van der Waals surface area contributed by atoms with Crippen molar-refractivity contribution < 1.29 is 14.7 Å². The fourth-order valence-electron chi connectivity index (χ4n) is 9.85. The molecule has 3 saturated carbocycles. The normalized spacial score (nSPS) is 39.5. The van der Waals surface area contributed by atoms with Gasteiger partial charge in [0.2, 0.25) is 5.91 Å². The van der Waals surface area contributed by atoms with Crippen LogP contribution in [0.4, 0.5) is 4.79 Å². The molecule has 6 heteroatoms. The standard InChI is InChI=1S/C32H53N3O3/c1-6-33(5)30(38)35-19-17-34(18-20-35)29(37)12-7-22(2)26-10-11-27-25-9-8-23-21-24(36)13-15-31(23,3)28(25)14-16-32(26,27)4/h8,22,24-28,36H,6-7,9-21H2,1-5H3/t22-,24+,25+,26-,27+,28+,31+,32-/m1/s1. The van der Waals surface area contributed by atoms with Crippen LogP contribution in [-0.2, 0) is 4.79 Å². The highest BCUT2D eigenvalue weighted by atomic mass is 16.3. The maximum absolute atomic E-state index is 13.1. The number of carbonyl (C=O) groups excluding carboxylic acids is 2. The van der Waals surface area contributed by atoms with Gasteiger partial charge in [-0.3, -0.25) is 4.79 Å². The van der Waals surface area contributed by atoms with E-state index in [0.29, 0.717) is 61.8 Å². The highest BCUT2D eigenvalue weighted by molar-refractivity contribution is 5.77. The number of piperazine rings is 1. The van der Waals surface area contributed by atoms with Gasteiger partial charge in [0.1, 0.15) is 0 Å². The molecule has 5 aliphatic rings. The summed E-state index contributed by atoms with van der Waals surface area (Å²) in [5.74, 6) is 3.94. The average molecular weight is 528 g/mol. The number of aliphatic hydroxyl groups is 1. The van der Waals surface area contributed by atoms with E-state index >= 15 is 0 Å². The fraction of sp³-hybridized carbons (Fsp3) is 0.875. The Morgan fingerprint density at radius 2 is 1.76 bits per heavy atom. The fourth-order valence-corrected chi connectivity index (χ4v) is 9.85. The first-order chi connectivity index (χ1) is 18.1. The summed E-state index contributed by atoms with van der Waals surface area (Å²) >= 11 is 0. The largest absolute Gasteiger partial charge is 0.393 e. The van der Waals surface area contributed by atoms with E-state index in [2.05, 4.69) is 26.8 Å². The van der Waals surface area contributed by atoms with Gasteiger partial charge in [-0.05, 0) is 105 Å². The minimum atomic E-state index is -0.131. The monoisotopic (exact) mass is 527 g/mol. The summed E-state index contributed by atoms with van der Waals surface area (Å²) in [6.45, 7) is 12.8. The summed E-state index contributed by atoms with van der Waals surface area (Å²) in [5.41, 5.74) is 2.27. The lowest BCUT2D eigenvalue weighted by molar-refractivity contribution is -0.133. The molecule has 0 radical (unpaired) electrons. The molecule has 6 nitrogen and oxygen atoms in total. The smallest absolute Gasteiger partial charge is 0.319 e. The van der Waals surface area contributed by atoms with E-state index in [1.54, 1.807) is 10.5 Å². The van der Waals surface area contributed by atoms with Crippen molar-refractivity contribution in [2.24, 2.45) is 40.4 Å². The highest BCUT2D eigenvalue weighted by Crippen LogP contribution is 2.67. The van der Waals surface area contributed by atoms with Gasteiger partial charge >= 0.3 is 6.03 Å². The molecular weight excluding hydrogens is 474 g/mol. The molecule has 0 aromatic rings. The van der Waals surface area contributed by atoms with E-state index in [1.165, 1.54) is 32.1 Å². The molecule has 0 spiro atoms. The van der Waals surface area contributed by atoms with Gasteiger partial charge in [0, 0.05) is 46.2 Å². The predicted molar refractivity (Wildman–Crippen MR) is 151 cm³/mol.